The molecule has 2 atom stereocenters. The van der Waals surface area contributed by atoms with Crippen molar-refractivity contribution in [3.63, 3.8) is 0 Å². The number of likely N-dealkylation sites (tertiary alicyclic amines) is 1. The molecular weight excluding hydrogens is 354 g/mol. The van der Waals surface area contributed by atoms with Crippen molar-refractivity contribution in [2.24, 2.45) is 11.8 Å². The van der Waals surface area contributed by atoms with Gasteiger partial charge in [0, 0.05) is 31.7 Å². The molecule has 6 nitrogen and oxygen atoms in total. The third-order valence-electron chi connectivity index (χ3n) is 5.55. The Hall–Kier alpha value is -1.95. The fourth-order valence-electron chi connectivity index (χ4n) is 3.98. The molecular formula is C22H37N3O3. The summed E-state index contributed by atoms with van der Waals surface area (Å²) in [6.07, 6.45) is 2.02. The van der Waals surface area contributed by atoms with Gasteiger partial charge in [-0.2, -0.15) is 0 Å². The molecule has 1 saturated heterocycles. The first kappa shape index (κ1) is 22.3. The molecule has 1 aromatic carbocycles. The number of methoxy groups -OCH3 is 2. The van der Waals surface area contributed by atoms with Gasteiger partial charge in [-0.25, -0.2) is 4.79 Å². The van der Waals surface area contributed by atoms with Gasteiger partial charge in [0.2, 0.25) is 0 Å². The van der Waals surface area contributed by atoms with E-state index in [1.54, 1.807) is 14.2 Å². The highest BCUT2D eigenvalue weighted by molar-refractivity contribution is 5.73. The lowest BCUT2D eigenvalue weighted by Crippen LogP contribution is -2.57. The van der Waals surface area contributed by atoms with Crippen LogP contribution in [0.4, 0.5) is 4.79 Å². The summed E-state index contributed by atoms with van der Waals surface area (Å²) >= 11 is 0. The van der Waals surface area contributed by atoms with Gasteiger partial charge in [0.25, 0.3) is 0 Å². The van der Waals surface area contributed by atoms with Crippen LogP contribution in [0.15, 0.2) is 18.2 Å². The normalized spacial score (nSPS) is 20.5. The molecule has 2 N–H and O–H groups in total. The topological polar surface area (TPSA) is 62.8 Å². The minimum atomic E-state index is -0.119. The first-order valence-electron chi connectivity index (χ1n) is 10.2. The number of carbonyl (C=O) groups excluding carboxylic acids is 1. The lowest BCUT2D eigenvalue weighted by Gasteiger charge is -2.45. The molecule has 28 heavy (non-hydrogen) atoms. The van der Waals surface area contributed by atoms with Crippen LogP contribution in [-0.4, -0.2) is 56.9 Å². The van der Waals surface area contributed by atoms with Gasteiger partial charge >= 0.3 is 6.03 Å². The number of carbonyl (C=O) groups is 1. The molecule has 1 heterocycles. The first-order valence-corrected chi connectivity index (χ1v) is 10.2. The molecule has 1 aliphatic heterocycles. The number of piperidine rings is 1. The van der Waals surface area contributed by atoms with E-state index in [0.29, 0.717) is 36.4 Å². The number of urea groups is 1. The molecule has 0 bridgehead atoms. The molecule has 1 aliphatic rings. The molecule has 2 rings (SSSR count). The Morgan fingerprint density at radius 3 is 2.36 bits per heavy atom. The first-order chi connectivity index (χ1) is 13.2. The summed E-state index contributed by atoms with van der Waals surface area (Å²) in [5.41, 5.74) is 1.04. The van der Waals surface area contributed by atoms with Crippen molar-refractivity contribution in [3.05, 3.63) is 23.8 Å². The molecule has 0 aromatic heterocycles. The number of nitrogens with one attached hydrogen (secondary N) is 2. The maximum absolute atomic E-state index is 12.2. The fourth-order valence-corrected chi connectivity index (χ4v) is 3.98. The summed E-state index contributed by atoms with van der Waals surface area (Å²) in [5, 5.41) is 5.99. The second kappa shape index (κ2) is 10.0. The third-order valence-corrected chi connectivity index (χ3v) is 5.55. The summed E-state index contributed by atoms with van der Waals surface area (Å²) in [5.74, 6) is 2.83. The molecule has 2 amide bonds. The van der Waals surface area contributed by atoms with Crippen LogP contribution >= 0.6 is 0 Å². The number of hydrogen-bond acceptors (Lipinski definition) is 4. The minimum Gasteiger partial charge on any atom is -0.493 e. The van der Waals surface area contributed by atoms with Gasteiger partial charge in [0.15, 0.2) is 11.5 Å². The van der Waals surface area contributed by atoms with E-state index in [4.69, 9.17) is 9.47 Å². The number of hydrogen-bond donors (Lipinski definition) is 2. The van der Waals surface area contributed by atoms with Crippen LogP contribution in [0.1, 0.15) is 39.7 Å². The van der Waals surface area contributed by atoms with Crippen LogP contribution < -0.4 is 20.1 Å². The van der Waals surface area contributed by atoms with Crippen molar-refractivity contribution in [1.29, 1.82) is 0 Å². The second-order valence-corrected chi connectivity index (χ2v) is 8.71. The Labute approximate surface area is 170 Å². The molecule has 6 heteroatoms. The fraction of sp³-hybridized carbons (Fsp3) is 0.682. The van der Waals surface area contributed by atoms with Crippen LogP contribution in [0.5, 0.6) is 11.5 Å². The second-order valence-electron chi connectivity index (χ2n) is 8.71. The highest BCUT2D eigenvalue weighted by atomic mass is 16.5. The van der Waals surface area contributed by atoms with Gasteiger partial charge in [-0.1, -0.05) is 19.9 Å². The number of rotatable bonds is 8. The van der Waals surface area contributed by atoms with Crippen molar-refractivity contribution in [2.45, 2.75) is 46.1 Å². The predicted octanol–water partition coefficient (Wildman–Crippen LogP) is 3.30. The van der Waals surface area contributed by atoms with E-state index in [1.165, 1.54) is 6.42 Å². The zero-order chi connectivity index (χ0) is 20.7. The van der Waals surface area contributed by atoms with E-state index in [2.05, 4.69) is 43.2 Å². The van der Waals surface area contributed by atoms with Crippen molar-refractivity contribution < 1.29 is 14.3 Å². The zero-order valence-electron chi connectivity index (χ0n) is 18.3. The summed E-state index contributed by atoms with van der Waals surface area (Å²) in [4.78, 5) is 14.7. The standard InChI is InChI=1S/C22H37N3O3/c1-16-11-17(2)14-25(13-16)22(3,4)15-24-21(26)23-10-9-18-7-8-19(27-5)20(12-18)28-6/h7-8,12,16-17H,9-11,13-15H2,1-6H3,(H2,23,24,26). The number of benzene rings is 1. The Bertz CT molecular complexity index is 638. The van der Waals surface area contributed by atoms with E-state index >= 15 is 0 Å². The van der Waals surface area contributed by atoms with Crippen molar-refractivity contribution in [1.82, 2.24) is 15.5 Å². The average molecular weight is 392 g/mol. The van der Waals surface area contributed by atoms with Crippen molar-refractivity contribution >= 4 is 6.03 Å². The smallest absolute Gasteiger partial charge is 0.314 e. The molecule has 0 radical (unpaired) electrons. The van der Waals surface area contributed by atoms with Crippen LogP contribution in [0.3, 0.4) is 0 Å². The van der Waals surface area contributed by atoms with E-state index in [9.17, 15) is 4.79 Å². The molecule has 1 fully saturated rings. The van der Waals surface area contributed by atoms with E-state index in [1.807, 2.05) is 18.2 Å². The Kier molecular flexibility index (Phi) is 7.98. The number of amides is 2. The van der Waals surface area contributed by atoms with Gasteiger partial charge in [0.05, 0.1) is 14.2 Å². The molecule has 0 aliphatic carbocycles. The third kappa shape index (κ3) is 6.30. The average Bonchev–Trinajstić information content (AvgIpc) is 2.65. The van der Waals surface area contributed by atoms with Crippen molar-refractivity contribution in [2.75, 3.05) is 40.4 Å². The van der Waals surface area contributed by atoms with Gasteiger partial charge in [0.1, 0.15) is 0 Å². The van der Waals surface area contributed by atoms with Crippen LogP contribution in [0, 0.1) is 11.8 Å². The zero-order valence-corrected chi connectivity index (χ0v) is 18.3. The lowest BCUT2D eigenvalue weighted by molar-refractivity contribution is 0.0473. The van der Waals surface area contributed by atoms with Gasteiger partial charge < -0.3 is 20.1 Å². The van der Waals surface area contributed by atoms with E-state index < -0.39 is 0 Å². The van der Waals surface area contributed by atoms with Gasteiger partial charge in [-0.3, -0.25) is 4.90 Å². The molecule has 158 valence electrons. The molecule has 1 aromatic rings. The molecule has 0 spiro atoms. The van der Waals surface area contributed by atoms with Crippen LogP contribution in [0.25, 0.3) is 0 Å². The number of nitrogens with zero attached hydrogens (tertiary/aromatic N) is 1. The van der Waals surface area contributed by atoms with Crippen molar-refractivity contribution in [3.8, 4) is 11.5 Å². The monoisotopic (exact) mass is 391 g/mol. The summed E-state index contributed by atoms with van der Waals surface area (Å²) in [7, 11) is 3.25. The Morgan fingerprint density at radius 2 is 1.75 bits per heavy atom. The predicted molar refractivity (Wildman–Crippen MR) is 113 cm³/mol. The largest absolute Gasteiger partial charge is 0.493 e. The minimum absolute atomic E-state index is 0.0520. The quantitative estimate of drug-likeness (QED) is 0.714. The van der Waals surface area contributed by atoms with Crippen LogP contribution in [-0.2, 0) is 6.42 Å². The van der Waals surface area contributed by atoms with Gasteiger partial charge in [-0.05, 0) is 56.2 Å². The highest BCUT2D eigenvalue weighted by Crippen LogP contribution is 2.28. The summed E-state index contributed by atoms with van der Waals surface area (Å²) < 4.78 is 10.6. The molecule has 2 unspecified atom stereocenters. The van der Waals surface area contributed by atoms with E-state index in [-0.39, 0.29) is 11.6 Å². The summed E-state index contributed by atoms with van der Waals surface area (Å²) in [6, 6.07) is 5.70. The Morgan fingerprint density at radius 1 is 1.11 bits per heavy atom. The summed E-state index contributed by atoms with van der Waals surface area (Å²) in [6.45, 7) is 12.4. The van der Waals surface area contributed by atoms with E-state index in [0.717, 1.165) is 25.1 Å². The lowest BCUT2D eigenvalue weighted by atomic mass is 9.88. The SMILES string of the molecule is COc1ccc(CCNC(=O)NCC(C)(C)N2CC(C)CC(C)C2)cc1OC. The molecule has 0 saturated carbocycles. The Balaban J connectivity index is 1.76. The maximum atomic E-state index is 12.2. The van der Waals surface area contributed by atoms with Gasteiger partial charge in [-0.15, -0.1) is 0 Å². The number of ether oxygens (including phenoxy) is 2. The highest BCUT2D eigenvalue weighted by Gasteiger charge is 2.32. The van der Waals surface area contributed by atoms with Crippen LogP contribution in [0.2, 0.25) is 0 Å². The maximum Gasteiger partial charge on any atom is 0.314 e.